The van der Waals surface area contributed by atoms with Crippen molar-refractivity contribution in [2.24, 2.45) is 0 Å². The predicted octanol–water partition coefficient (Wildman–Crippen LogP) is 4.89. The lowest BCUT2D eigenvalue weighted by atomic mass is 10.1. The number of halogens is 2. The van der Waals surface area contributed by atoms with Crippen molar-refractivity contribution >= 4 is 50.5 Å². The summed E-state index contributed by atoms with van der Waals surface area (Å²) in [5.41, 5.74) is 1.55. The number of hydrogen-bond donors (Lipinski definition) is 1. The third kappa shape index (κ3) is 5.76. The van der Waals surface area contributed by atoms with Crippen LogP contribution in [0.1, 0.15) is 5.56 Å². The molecule has 0 aromatic heterocycles. The number of nitrogens with one attached hydrogen (secondary N) is 1. The second kappa shape index (κ2) is 9.84. The van der Waals surface area contributed by atoms with E-state index in [1.807, 2.05) is 6.07 Å². The smallest absolute Gasteiger partial charge is 0.264 e. The van der Waals surface area contributed by atoms with Gasteiger partial charge in [-0.15, -0.1) is 0 Å². The fourth-order valence-electron chi connectivity index (χ4n) is 2.81. The minimum Gasteiger partial charge on any atom is -0.325 e. The average molecular weight is 474 g/mol. The molecule has 3 aromatic rings. The number of rotatable bonds is 7. The number of sulfonamides is 1. The lowest BCUT2D eigenvalue weighted by Gasteiger charge is -2.24. The van der Waals surface area contributed by atoms with Crippen molar-refractivity contribution in [2.75, 3.05) is 16.2 Å². The Bertz CT molecular complexity index is 1220. The maximum absolute atomic E-state index is 13.3. The molecule has 0 radical (unpaired) electrons. The fraction of sp³-hybridized carbons (Fsp3) is 0.0909. The molecule has 0 unspecified atom stereocenters. The molecule has 1 N–H and O–H groups in total. The van der Waals surface area contributed by atoms with Crippen molar-refractivity contribution in [3.63, 3.8) is 0 Å². The van der Waals surface area contributed by atoms with E-state index in [0.29, 0.717) is 15.7 Å². The Morgan fingerprint density at radius 3 is 2.26 bits per heavy atom. The lowest BCUT2D eigenvalue weighted by molar-refractivity contribution is -0.114. The summed E-state index contributed by atoms with van der Waals surface area (Å²) in [6.45, 7) is -0.467. The van der Waals surface area contributed by atoms with Crippen LogP contribution < -0.4 is 9.62 Å². The molecule has 0 bridgehead atoms. The fourth-order valence-corrected chi connectivity index (χ4v) is 4.53. The molecule has 1 amide bonds. The SMILES string of the molecule is N#CCc1ccc(NC(=O)CN(c2cccc(Cl)c2)S(=O)(=O)c2ccc(Cl)cc2)cc1. The summed E-state index contributed by atoms with van der Waals surface area (Å²) in [5, 5.41) is 12.2. The van der Waals surface area contributed by atoms with E-state index in [1.165, 1.54) is 30.3 Å². The van der Waals surface area contributed by atoms with Crippen molar-refractivity contribution in [1.29, 1.82) is 5.26 Å². The van der Waals surface area contributed by atoms with E-state index in [-0.39, 0.29) is 17.0 Å². The van der Waals surface area contributed by atoms with Crippen LogP contribution in [0.5, 0.6) is 0 Å². The molecule has 0 aliphatic carbocycles. The van der Waals surface area contributed by atoms with Crippen molar-refractivity contribution < 1.29 is 13.2 Å². The van der Waals surface area contributed by atoms with Crippen LogP contribution in [0.25, 0.3) is 0 Å². The monoisotopic (exact) mass is 473 g/mol. The van der Waals surface area contributed by atoms with Crippen LogP contribution in [0.2, 0.25) is 10.0 Å². The lowest BCUT2D eigenvalue weighted by Crippen LogP contribution is -2.38. The Labute approximate surface area is 190 Å². The molecule has 9 heteroatoms. The van der Waals surface area contributed by atoms with E-state index in [4.69, 9.17) is 28.5 Å². The van der Waals surface area contributed by atoms with Crippen LogP contribution in [0.3, 0.4) is 0 Å². The van der Waals surface area contributed by atoms with Crippen LogP contribution >= 0.6 is 23.2 Å². The zero-order valence-electron chi connectivity index (χ0n) is 16.1. The van der Waals surface area contributed by atoms with Gasteiger partial charge in [0, 0.05) is 15.7 Å². The third-order valence-electron chi connectivity index (χ3n) is 4.31. The Morgan fingerprint density at radius 1 is 0.968 bits per heavy atom. The molecule has 0 spiro atoms. The number of benzene rings is 3. The van der Waals surface area contributed by atoms with Crippen LogP contribution in [-0.2, 0) is 21.2 Å². The molecule has 31 heavy (non-hydrogen) atoms. The second-order valence-electron chi connectivity index (χ2n) is 6.53. The van der Waals surface area contributed by atoms with E-state index < -0.39 is 22.5 Å². The number of amides is 1. The van der Waals surface area contributed by atoms with Crippen molar-refractivity contribution in [3.05, 3.63) is 88.4 Å². The van der Waals surface area contributed by atoms with Gasteiger partial charge >= 0.3 is 0 Å². The van der Waals surface area contributed by atoms with Gasteiger partial charge in [0.1, 0.15) is 6.54 Å². The predicted molar refractivity (Wildman–Crippen MR) is 122 cm³/mol. The number of anilines is 2. The first-order valence-electron chi connectivity index (χ1n) is 9.09. The molecule has 0 fully saturated rings. The zero-order valence-corrected chi connectivity index (χ0v) is 18.5. The van der Waals surface area contributed by atoms with Crippen molar-refractivity contribution in [3.8, 4) is 6.07 Å². The van der Waals surface area contributed by atoms with E-state index in [9.17, 15) is 13.2 Å². The Kier molecular flexibility index (Phi) is 7.18. The zero-order chi connectivity index (χ0) is 22.4. The summed E-state index contributed by atoms with van der Waals surface area (Å²) in [6.07, 6.45) is 0.260. The normalized spacial score (nSPS) is 10.9. The highest BCUT2D eigenvalue weighted by Crippen LogP contribution is 2.27. The number of carbonyl (C=O) groups is 1. The first-order valence-corrected chi connectivity index (χ1v) is 11.3. The Morgan fingerprint density at radius 2 is 1.65 bits per heavy atom. The summed E-state index contributed by atoms with van der Waals surface area (Å²) < 4.78 is 27.6. The summed E-state index contributed by atoms with van der Waals surface area (Å²) >= 11 is 11.9. The van der Waals surface area contributed by atoms with Crippen molar-refractivity contribution in [1.82, 2.24) is 0 Å². The topological polar surface area (TPSA) is 90.3 Å². The molecule has 0 heterocycles. The number of nitriles is 1. The van der Waals surface area contributed by atoms with E-state index in [1.54, 1.807) is 42.5 Å². The number of carbonyl (C=O) groups excluding carboxylic acids is 1. The molecule has 0 atom stereocenters. The van der Waals surface area contributed by atoms with Gasteiger partial charge < -0.3 is 5.32 Å². The summed E-state index contributed by atoms with van der Waals surface area (Å²) in [5.74, 6) is -0.537. The van der Waals surface area contributed by atoms with Gasteiger partial charge in [0.2, 0.25) is 5.91 Å². The van der Waals surface area contributed by atoms with Gasteiger partial charge in [0.05, 0.1) is 23.1 Å². The van der Waals surface area contributed by atoms with E-state index >= 15 is 0 Å². The van der Waals surface area contributed by atoms with Crippen LogP contribution in [-0.4, -0.2) is 20.9 Å². The molecule has 3 aromatic carbocycles. The third-order valence-corrected chi connectivity index (χ3v) is 6.58. The standard InChI is InChI=1S/C22H17Cl2N3O3S/c23-17-6-10-21(11-7-17)31(29,30)27(20-3-1-2-18(24)14-20)15-22(28)26-19-8-4-16(5-9-19)12-13-25/h1-11,14H,12,15H2,(H,26,28). The van der Waals surface area contributed by atoms with E-state index in [0.717, 1.165) is 9.87 Å². The molecule has 0 aliphatic heterocycles. The molecule has 6 nitrogen and oxygen atoms in total. The van der Waals surface area contributed by atoms with Gasteiger partial charge in [0.15, 0.2) is 0 Å². The minimum atomic E-state index is -4.07. The number of hydrogen-bond acceptors (Lipinski definition) is 4. The summed E-state index contributed by atoms with van der Waals surface area (Å²) in [7, 11) is -4.07. The van der Waals surface area contributed by atoms with Crippen molar-refractivity contribution in [2.45, 2.75) is 11.3 Å². The summed E-state index contributed by atoms with van der Waals surface area (Å²) in [4.78, 5) is 12.7. The molecular formula is C22H17Cl2N3O3S. The Balaban J connectivity index is 1.89. The van der Waals surface area contributed by atoms with Gasteiger partial charge in [-0.1, -0.05) is 41.4 Å². The maximum Gasteiger partial charge on any atom is 0.264 e. The van der Waals surface area contributed by atoms with Gasteiger partial charge in [-0.05, 0) is 60.2 Å². The van der Waals surface area contributed by atoms with Crippen LogP contribution in [0.4, 0.5) is 11.4 Å². The molecule has 0 aliphatic rings. The highest BCUT2D eigenvalue weighted by atomic mass is 35.5. The highest BCUT2D eigenvalue weighted by molar-refractivity contribution is 7.92. The van der Waals surface area contributed by atoms with Gasteiger partial charge in [0.25, 0.3) is 10.0 Å². The largest absolute Gasteiger partial charge is 0.325 e. The summed E-state index contributed by atoms with van der Waals surface area (Å²) in [6, 6.07) is 20.7. The van der Waals surface area contributed by atoms with Gasteiger partial charge in [-0.2, -0.15) is 5.26 Å². The molecule has 158 valence electrons. The molecule has 0 saturated carbocycles. The van der Waals surface area contributed by atoms with Gasteiger partial charge in [-0.3, -0.25) is 9.10 Å². The number of nitrogens with zero attached hydrogens (tertiary/aromatic N) is 2. The minimum absolute atomic E-state index is 0.00877. The van der Waals surface area contributed by atoms with Gasteiger partial charge in [-0.25, -0.2) is 8.42 Å². The average Bonchev–Trinajstić information content (AvgIpc) is 2.74. The molecule has 3 rings (SSSR count). The first kappa shape index (κ1) is 22.6. The maximum atomic E-state index is 13.3. The van der Waals surface area contributed by atoms with Crippen LogP contribution in [0.15, 0.2) is 77.7 Å². The molecular weight excluding hydrogens is 457 g/mol. The Hall–Kier alpha value is -3.05. The molecule has 0 saturated heterocycles. The highest BCUT2D eigenvalue weighted by Gasteiger charge is 2.27. The quantitative estimate of drug-likeness (QED) is 0.528. The second-order valence-corrected chi connectivity index (χ2v) is 9.26. The van der Waals surface area contributed by atoms with Crippen LogP contribution in [0, 0.1) is 11.3 Å². The van der Waals surface area contributed by atoms with E-state index in [2.05, 4.69) is 5.32 Å². The first-order chi connectivity index (χ1) is 14.8.